The van der Waals surface area contributed by atoms with Crippen molar-refractivity contribution in [2.24, 2.45) is 46.3 Å². The number of allylic oxidation sites excluding steroid dienone is 1. The van der Waals surface area contributed by atoms with E-state index >= 15 is 0 Å². The van der Waals surface area contributed by atoms with Crippen LogP contribution in [0.25, 0.3) is 0 Å². The van der Waals surface area contributed by atoms with E-state index < -0.39 is 0 Å². The maximum atomic E-state index is 12.2. The van der Waals surface area contributed by atoms with Crippen LogP contribution < -0.4 is 0 Å². The molecule has 3 unspecified atom stereocenters. The number of esters is 1. The third-order valence-electron chi connectivity index (χ3n) is 10.3. The van der Waals surface area contributed by atoms with Gasteiger partial charge in [0, 0.05) is 23.8 Å². The normalized spacial score (nSPS) is 55.5. The zero-order chi connectivity index (χ0) is 18.2. The minimum Gasteiger partial charge on any atom is -0.451 e. The van der Waals surface area contributed by atoms with Crippen molar-refractivity contribution in [1.82, 2.24) is 0 Å². The Morgan fingerprint density at radius 3 is 2.67 bits per heavy atom. The quantitative estimate of drug-likeness (QED) is 0.604. The third-order valence-corrected chi connectivity index (χ3v) is 10.3. The standard InChI is InChI=1S/C24H28O3/c1-22-6-4-14-15-3-2-13(25)10-18(15)23(8-9-23)12-17(14)21(22)16-11-19(16)24(22)7-5-20(26)27-24/h5,7,10,14-17,19,21H,2-4,6,8-9,11-12H2,1H3/t14?,15-,16+,17?,19-,21?,22+,24+/m1/s1. The van der Waals surface area contributed by atoms with Gasteiger partial charge in [0.05, 0.1) is 0 Å². The van der Waals surface area contributed by atoms with Crippen molar-refractivity contribution in [2.75, 3.05) is 0 Å². The molecule has 6 aliphatic carbocycles. The number of fused-ring (bicyclic) bond motifs is 10. The Kier molecular flexibility index (Phi) is 2.55. The third kappa shape index (κ3) is 1.64. The lowest BCUT2D eigenvalue weighted by Gasteiger charge is -2.58. The van der Waals surface area contributed by atoms with Crippen molar-refractivity contribution in [1.29, 1.82) is 0 Å². The van der Waals surface area contributed by atoms with Crippen molar-refractivity contribution >= 4 is 11.8 Å². The lowest BCUT2D eigenvalue weighted by Crippen LogP contribution is -2.55. The average Bonchev–Trinajstić information content (AvgIpc) is 3.54. The SMILES string of the molecule is C[C@]12CCC3C(CC4(CC4)C4=CC(=O)CC[C@@H]43)C1[C@H]1C[C@H]1[C@@]21C=CC(=O)O1. The van der Waals surface area contributed by atoms with Crippen LogP contribution in [0.1, 0.15) is 58.3 Å². The fourth-order valence-electron chi connectivity index (χ4n) is 9.08. The van der Waals surface area contributed by atoms with Gasteiger partial charge in [-0.1, -0.05) is 12.5 Å². The lowest BCUT2D eigenvalue weighted by atomic mass is 9.47. The molecule has 0 radical (unpaired) electrons. The molecule has 5 fully saturated rings. The van der Waals surface area contributed by atoms with E-state index in [0.29, 0.717) is 29.0 Å². The van der Waals surface area contributed by atoms with E-state index in [1.807, 2.05) is 0 Å². The monoisotopic (exact) mass is 364 g/mol. The Balaban J connectivity index is 1.32. The molecule has 0 amide bonds. The molecule has 0 bridgehead atoms. The average molecular weight is 364 g/mol. The summed E-state index contributed by atoms with van der Waals surface area (Å²) in [5, 5.41) is 0. The molecular formula is C24H28O3. The van der Waals surface area contributed by atoms with Crippen molar-refractivity contribution in [3.05, 3.63) is 23.8 Å². The Morgan fingerprint density at radius 2 is 1.93 bits per heavy atom. The highest BCUT2D eigenvalue weighted by atomic mass is 16.6. The van der Waals surface area contributed by atoms with Crippen LogP contribution in [0, 0.1) is 46.3 Å². The van der Waals surface area contributed by atoms with Gasteiger partial charge in [-0.15, -0.1) is 0 Å². The molecule has 0 N–H and O–H groups in total. The van der Waals surface area contributed by atoms with Gasteiger partial charge in [-0.3, -0.25) is 4.79 Å². The van der Waals surface area contributed by atoms with Gasteiger partial charge in [-0.2, -0.15) is 0 Å². The van der Waals surface area contributed by atoms with Crippen molar-refractivity contribution in [3.8, 4) is 0 Å². The lowest BCUT2D eigenvalue weighted by molar-refractivity contribution is -0.168. The van der Waals surface area contributed by atoms with Crippen LogP contribution in [0.5, 0.6) is 0 Å². The first-order chi connectivity index (χ1) is 13.0. The topological polar surface area (TPSA) is 43.4 Å². The van der Waals surface area contributed by atoms with E-state index in [1.165, 1.54) is 38.5 Å². The first kappa shape index (κ1) is 15.5. The number of carbonyl (C=O) groups is 2. The highest BCUT2D eigenvalue weighted by molar-refractivity contribution is 5.91. The largest absolute Gasteiger partial charge is 0.451 e. The minimum absolute atomic E-state index is 0.117. The maximum Gasteiger partial charge on any atom is 0.331 e. The summed E-state index contributed by atoms with van der Waals surface area (Å²) >= 11 is 0. The smallest absolute Gasteiger partial charge is 0.331 e. The van der Waals surface area contributed by atoms with E-state index in [9.17, 15) is 9.59 Å². The summed E-state index contributed by atoms with van der Waals surface area (Å²) in [6, 6.07) is 0. The van der Waals surface area contributed by atoms with Gasteiger partial charge < -0.3 is 4.74 Å². The first-order valence-corrected chi connectivity index (χ1v) is 11.1. The molecule has 27 heavy (non-hydrogen) atoms. The molecule has 0 saturated heterocycles. The van der Waals surface area contributed by atoms with Crippen molar-refractivity contribution in [2.45, 2.75) is 63.9 Å². The fraction of sp³-hybridized carbons (Fsp3) is 0.750. The molecule has 7 aliphatic rings. The number of rotatable bonds is 0. The van der Waals surface area contributed by atoms with Gasteiger partial charge >= 0.3 is 5.97 Å². The molecule has 7 rings (SSSR count). The van der Waals surface area contributed by atoms with Gasteiger partial charge in [-0.25, -0.2) is 4.79 Å². The number of ether oxygens (including phenoxy) is 1. The summed E-state index contributed by atoms with van der Waals surface area (Å²) in [5.41, 5.74) is 1.73. The molecule has 0 aromatic heterocycles. The summed E-state index contributed by atoms with van der Waals surface area (Å²) < 4.78 is 6.10. The minimum atomic E-state index is -0.306. The summed E-state index contributed by atoms with van der Waals surface area (Å²) in [6.45, 7) is 2.44. The molecule has 2 spiro atoms. The number of ketones is 1. The summed E-state index contributed by atoms with van der Waals surface area (Å²) in [7, 11) is 0. The molecule has 3 nitrogen and oxygen atoms in total. The summed E-state index contributed by atoms with van der Waals surface area (Å²) in [6.07, 6.45) is 15.3. The van der Waals surface area contributed by atoms with E-state index in [1.54, 1.807) is 11.6 Å². The second-order valence-electron chi connectivity index (χ2n) is 11.1. The summed E-state index contributed by atoms with van der Waals surface area (Å²) in [5.74, 6) is 4.45. The molecule has 1 heterocycles. The van der Waals surface area contributed by atoms with Crippen LogP contribution in [-0.2, 0) is 14.3 Å². The molecule has 0 aromatic rings. The molecule has 0 aromatic carbocycles. The van der Waals surface area contributed by atoms with Crippen molar-refractivity contribution < 1.29 is 14.3 Å². The Morgan fingerprint density at radius 1 is 1.07 bits per heavy atom. The van der Waals surface area contributed by atoms with Crippen molar-refractivity contribution in [3.63, 3.8) is 0 Å². The van der Waals surface area contributed by atoms with Crippen LogP contribution in [-0.4, -0.2) is 17.4 Å². The fourth-order valence-corrected chi connectivity index (χ4v) is 9.08. The van der Waals surface area contributed by atoms with Crippen LogP contribution in [0.4, 0.5) is 0 Å². The first-order valence-electron chi connectivity index (χ1n) is 11.1. The van der Waals surface area contributed by atoms with E-state index in [2.05, 4.69) is 19.1 Å². The second-order valence-corrected chi connectivity index (χ2v) is 11.1. The molecule has 8 atom stereocenters. The zero-order valence-corrected chi connectivity index (χ0v) is 16.1. The predicted molar refractivity (Wildman–Crippen MR) is 99.5 cm³/mol. The van der Waals surface area contributed by atoms with Crippen LogP contribution >= 0.6 is 0 Å². The highest BCUT2D eigenvalue weighted by Crippen LogP contribution is 2.79. The molecule has 142 valence electrons. The second kappa shape index (κ2) is 4.44. The number of hydrogen-bond acceptors (Lipinski definition) is 3. The van der Waals surface area contributed by atoms with Gasteiger partial charge in [0.25, 0.3) is 0 Å². The maximum absolute atomic E-state index is 12.2. The predicted octanol–water partition coefficient (Wildman–Crippen LogP) is 4.23. The van der Waals surface area contributed by atoms with Gasteiger partial charge in [0.15, 0.2) is 5.78 Å². The molecule has 5 saturated carbocycles. The van der Waals surface area contributed by atoms with Crippen LogP contribution in [0.3, 0.4) is 0 Å². The Hall–Kier alpha value is -1.38. The zero-order valence-electron chi connectivity index (χ0n) is 16.1. The van der Waals surface area contributed by atoms with Gasteiger partial charge in [0.1, 0.15) is 5.60 Å². The van der Waals surface area contributed by atoms with Crippen LogP contribution in [0.2, 0.25) is 0 Å². The Bertz CT molecular complexity index is 848. The number of carbonyl (C=O) groups excluding carboxylic acids is 2. The molecular weight excluding hydrogens is 336 g/mol. The highest BCUT2D eigenvalue weighted by Gasteiger charge is 2.78. The van der Waals surface area contributed by atoms with Crippen LogP contribution in [0.15, 0.2) is 23.8 Å². The van der Waals surface area contributed by atoms with E-state index in [0.717, 1.165) is 30.6 Å². The van der Waals surface area contributed by atoms with E-state index in [-0.39, 0.29) is 17.0 Å². The van der Waals surface area contributed by atoms with Gasteiger partial charge in [0.2, 0.25) is 0 Å². The number of hydrogen-bond donors (Lipinski definition) is 0. The van der Waals surface area contributed by atoms with E-state index in [4.69, 9.17) is 4.74 Å². The molecule has 1 aliphatic heterocycles. The van der Waals surface area contributed by atoms with Gasteiger partial charge in [-0.05, 0) is 92.1 Å². The summed E-state index contributed by atoms with van der Waals surface area (Å²) in [4.78, 5) is 24.2. The molecule has 3 heteroatoms. The Labute approximate surface area is 160 Å².